The predicted molar refractivity (Wildman–Crippen MR) is 155 cm³/mol. The number of hydrogen-bond acceptors (Lipinski definition) is 14. The lowest BCUT2D eigenvalue weighted by molar-refractivity contribution is -0.464. The molecule has 0 spiro atoms. The zero-order valence-corrected chi connectivity index (χ0v) is 25.0. The number of hydrogen-bond donors (Lipinski definition) is 2. The van der Waals surface area contributed by atoms with Crippen LogP contribution in [0.5, 0.6) is 0 Å². The largest absolute Gasteiger partial charge is 0.412 e. The molecule has 0 saturated carbocycles. The first-order valence-corrected chi connectivity index (χ1v) is 13.0. The summed E-state index contributed by atoms with van der Waals surface area (Å²) in [5.41, 5.74) is 0. The van der Waals surface area contributed by atoms with Gasteiger partial charge in [-0.3, -0.25) is 0 Å². The lowest BCUT2D eigenvalue weighted by atomic mass is 10.3. The molecule has 43 heavy (non-hydrogen) atoms. The minimum Gasteiger partial charge on any atom is -0.412 e. The normalized spacial score (nSPS) is 8.49. The maximum Gasteiger partial charge on any atom is 0.410 e. The Labute approximate surface area is 253 Å². The third-order valence-electron chi connectivity index (χ3n) is 3.48. The van der Waals surface area contributed by atoms with Crippen LogP contribution in [0, 0.1) is 0 Å². The average Bonchev–Trinajstić information content (AvgIpc) is 3.03. The lowest BCUT2D eigenvalue weighted by Gasteiger charge is -2.09. The molecule has 0 atom stereocenters. The van der Waals surface area contributed by atoms with Crippen LogP contribution in [0.25, 0.3) is 0 Å². The fourth-order valence-electron chi connectivity index (χ4n) is 1.71. The summed E-state index contributed by atoms with van der Waals surface area (Å²) in [4.78, 5) is 77.5. The van der Waals surface area contributed by atoms with Gasteiger partial charge < -0.3 is 53.8 Å². The summed E-state index contributed by atoms with van der Waals surface area (Å²) in [5.74, 6) is 0. The van der Waals surface area contributed by atoms with Crippen LogP contribution in [-0.4, -0.2) is 84.1 Å². The fraction of sp³-hybridized carbons (Fsp3) is 0.556. The van der Waals surface area contributed by atoms with Crippen LogP contribution in [0.1, 0.15) is 51.9 Å². The zero-order chi connectivity index (χ0) is 33.7. The molecule has 0 heterocycles. The summed E-state index contributed by atoms with van der Waals surface area (Å²) in [6.07, 6.45) is 7.92. The van der Waals surface area contributed by atoms with Crippen molar-refractivity contribution in [1.82, 2.24) is 10.6 Å². The summed E-state index contributed by atoms with van der Waals surface area (Å²) < 4.78 is 14.4. The highest BCUT2D eigenvalue weighted by Crippen LogP contribution is 1.89. The van der Waals surface area contributed by atoms with Crippen LogP contribution >= 0.6 is 0 Å². The van der Waals surface area contributed by atoms with E-state index in [1.165, 1.54) is 0 Å². The minimum atomic E-state index is -0.733. The maximum absolute atomic E-state index is 11.3. The monoisotopic (exact) mass is 624 g/mol. The molecule has 2 N–H and O–H groups in total. The number of alkyl carbamates (subject to hydrolysis) is 2. The van der Waals surface area contributed by atoms with E-state index in [0.717, 1.165) is 44.2 Å². The molecule has 250 valence electrons. The van der Waals surface area contributed by atoms with Crippen LogP contribution in [0.2, 0.25) is 0 Å². The van der Waals surface area contributed by atoms with Gasteiger partial charge in [-0.15, -0.1) is 13.2 Å². The SMILES string of the molecule is C=C.C=COOOC=C.C=O.CCCCOOCCNC(=O)OCOC(=O)NCCOCCCC=O.O=CCCCC=O. The third-order valence-corrected chi connectivity index (χ3v) is 3.48. The van der Waals surface area contributed by atoms with E-state index < -0.39 is 19.0 Å². The van der Waals surface area contributed by atoms with Crippen LogP contribution in [-0.2, 0) is 58.0 Å². The first-order valence-electron chi connectivity index (χ1n) is 13.0. The van der Waals surface area contributed by atoms with Crippen molar-refractivity contribution >= 4 is 37.8 Å². The topological polar surface area (TPSA) is 200 Å². The van der Waals surface area contributed by atoms with Crippen molar-refractivity contribution < 1.29 is 67.6 Å². The van der Waals surface area contributed by atoms with Gasteiger partial charge in [0.2, 0.25) is 6.79 Å². The summed E-state index contributed by atoms with van der Waals surface area (Å²) >= 11 is 0. The smallest absolute Gasteiger partial charge is 0.410 e. The van der Waals surface area contributed by atoms with Crippen molar-refractivity contribution in [2.45, 2.75) is 51.9 Å². The second kappa shape index (κ2) is 54.0. The van der Waals surface area contributed by atoms with Crippen LogP contribution in [0.3, 0.4) is 0 Å². The Morgan fingerprint density at radius 1 is 0.674 bits per heavy atom. The van der Waals surface area contributed by atoms with Gasteiger partial charge in [0.05, 0.1) is 19.8 Å². The Kier molecular flexibility index (Phi) is 61.1. The van der Waals surface area contributed by atoms with Crippen molar-refractivity contribution in [3.05, 3.63) is 38.8 Å². The predicted octanol–water partition coefficient (Wildman–Crippen LogP) is 3.47. The number of carbonyl (C=O) groups excluding carboxylic acids is 6. The van der Waals surface area contributed by atoms with Gasteiger partial charge in [0, 0.05) is 44.0 Å². The molecule has 16 nitrogen and oxygen atoms in total. The van der Waals surface area contributed by atoms with Crippen molar-refractivity contribution in [1.29, 1.82) is 0 Å². The third kappa shape index (κ3) is 62.7. The molecule has 0 bridgehead atoms. The standard InChI is InChI=1S/C15H28N2O8.C5H8O2.C4H6O3.C2H4.CH2O/c1-2-3-10-24-25-12-7-17-15(20)23-13-22-14(19)16-6-11-21-9-5-4-8-18;6-4-2-1-3-5-7;1-3-5-7-6-4-2;2*1-2/h8H,2-7,9-13H2,1H3,(H,16,19)(H,17,20);4-5H,1-3H2;3-4H,1-2H2;1-2H2;1H2. The highest BCUT2D eigenvalue weighted by Gasteiger charge is 2.05. The molecule has 0 fully saturated rings. The molecule has 0 aliphatic heterocycles. The van der Waals surface area contributed by atoms with Gasteiger partial charge in [0.15, 0.2) is 0 Å². The zero-order valence-electron chi connectivity index (χ0n) is 25.0. The highest BCUT2D eigenvalue weighted by molar-refractivity contribution is 5.68. The van der Waals surface area contributed by atoms with E-state index in [9.17, 15) is 24.0 Å². The molecule has 0 aromatic rings. The van der Waals surface area contributed by atoms with Crippen LogP contribution < -0.4 is 10.6 Å². The number of amides is 2. The molecule has 0 saturated heterocycles. The molecule has 16 heteroatoms. The molecule has 0 aliphatic carbocycles. The summed E-state index contributed by atoms with van der Waals surface area (Å²) in [6, 6.07) is 0. The second-order valence-corrected chi connectivity index (χ2v) is 6.61. The molecule has 0 aromatic heterocycles. The molecule has 0 radical (unpaired) electrons. The van der Waals surface area contributed by atoms with E-state index in [0.29, 0.717) is 51.9 Å². The Morgan fingerprint density at radius 2 is 1.14 bits per heavy atom. The van der Waals surface area contributed by atoms with Crippen molar-refractivity contribution in [3.63, 3.8) is 0 Å². The molecule has 2 amide bonds. The Balaban J connectivity index is -0.000000217. The highest BCUT2D eigenvalue weighted by atomic mass is 17.5. The minimum absolute atomic E-state index is 0.188. The molecule has 0 unspecified atom stereocenters. The van der Waals surface area contributed by atoms with Crippen molar-refractivity contribution in [3.8, 4) is 0 Å². The molecule has 0 rings (SSSR count). The number of carbonyl (C=O) groups is 6. The van der Waals surface area contributed by atoms with E-state index >= 15 is 0 Å². The number of aldehydes is 3. The van der Waals surface area contributed by atoms with Crippen LogP contribution in [0.15, 0.2) is 38.8 Å². The van der Waals surface area contributed by atoms with Gasteiger partial charge in [-0.05, 0) is 19.3 Å². The number of nitrogens with one attached hydrogen (secondary N) is 2. The fourth-order valence-corrected chi connectivity index (χ4v) is 1.71. The molecular weight excluding hydrogens is 576 g/mol. The Morgan fingerprint density at radius 3 is 1.60 bits per heavy atom. The maximum atomic E-state index is 11.3. The molecule has 0 aromatic carbocycles. The van der Waals surface area contributed by atoms with Gasteiger partial charge in [0.1, 0.15) is 38.2 Å². The van der Waals surface area contributed by atoms with Gasteiger partial charge in [-0.2, -0.15) is 0 Å². The summed E-state index contributed by atoms with van der Waals surface area (Å²) in [7, 11) is 0. The quantitative estimate of drug-likeness (QED) is 0.0301. The van der Waals surface area contributed by atoms with Crippen LogP contribution in [0.4, 0.5) is 9.59 Å². The van der Waals surface area contributed by atoms with E-state index in [1.807, 2.05) is 13.7 Å². The number of rotatable bonds is 24. The first kappa shape index (κ1) is 48.6. The van der Waals surface area contributed by atoms with Gasteiger partial charge in [-0.1, -0.05) is 26.5 Å². The van der Waals surface area contributed by atoms with E-state index in [4.69, 9.17) is 19.3 Å². The number of unbranched alkanes of at least 4 members (excludes halogenated alkanes) is 4. The average molecular weight is 625 g/mol. The van der Waals surface area contributed by atoms with Crippen molar-refractivity contribution in [2.24, 2.45) is 0 Å². The Bertz CT molecular complexity index is 603. The molecule has 0 aliphatic rings. The summed E-state index contributed by atoms with van der Waals surface area (Å²) in [5, 5.41) is 8.72. The van der Waals surface area contributed by atoms with Crippen molar-refractivity contribution in [2.75, 3.05) is 46.3 Å². The Hall–Kier alpha value is -4.12. The van der Waals surface area contributed by atoms with E-state index in [1.54, 1.807) is 0 Å². The lowest BCUT2D eigenvalue weighted by Crippen LogP contribution is -2.32. The second-order valence-electron chi connectivity index (χ2n) is 6.61. The number of ether oxygens (including phenoxy) is 3. The first-order chi connectivity index (χ1) is 21.0. The summed E-state index contributed by atoms with van der Waals surface area (Å²) in [6.45, 7) is 17.8. The molecular formula is C27H48N2O14. The van der Waals surface area contributed by atoms with Gasteiger partial charge in [-0.25, -0.2) is 19.4 Å². The van der Waals surface area contributed by atoms with E-state index in [2.05, 4.69) is 61.2 Å². The van der Waals surface area contributed by atoms with Gasteiger partial charge >= 0.3 is 12.2 Å². The van der Waals surface area contributed by atoms with Gasteiger partial charge in [0.25, 0.3) is 0 Å². The van der Waals surface area contributed by atoms with E-state index in [-0.39, 0.29) is 19.7 Å².